The van der Waals surface area contributed by atoms with E-state index in [1.807, 2.05) is 0 Å². The summed E-state index contributed by atoms with van der Waals surface area (Å²) in [5.41, 5.74) is 0. The second-order valence-corrected chi connectivity index (χ2v) is 9.20. The van der Waals surface area contributed by atoms with Crippen molar-refractivity contribution in [3.8, 4) is 0 Å². The fourth-order valence-corrected chi connectivity index (χ4v) is 5.05. The van der Waals surface area contributed by atoms with E-state index in [0.29, 0.717) is 17.1 Å². The van der Waals surface area contributed by atoms with E-state index in [-0.39, 0.29) is 0 Å². The summed E-state index contributed by atoms with van der Waals surface area (Å²) in [6, 6.07) is 2.70. The van der Waals surface area contributed by atoms with Gasteiger partial charge in [0.15, 0.2) is 5.11 Å². The molecule has 3 aliphatic rings. The summed E-state index contributed by atoms with van der Waals surface area (Å²) >= 11 is 5.59. The zero-order chi connectivity index (χ0) is 19.9. The van der Waals surface area contributed by atoms with Gasteiger partial charge in [0.05, 0.1) is 0 Å². The Hall–Kier alpha value is -1.63. The lowest BCUT2D eigenvalue weighted by Crippen LogP contribution is -2.37. The number of thiocarbonyl (C=S) groups is 1. The number of anilines is 3. The minimum atomic E-state index is 0.494. The third kappa shape index (κ3) is 5.93. The topological polar surface area (TPSA) is 56.3 Å². The first kappa shape index (κ1) is 20.6. The molecule has 1 aromatic rings. The highest BCUT2D eigenvalue weighted by molar-refractivity contribution is 7.80. The second-order valence-electron chi connectivity index (χ2n) is 8.79. The Balaban J connectivity index is 1.53. The molecule has 0 amide bonds. The van der Waals surface area contributed by atoms with E-state index < -0.39 is 0 Å². The summed E-state index contributed by atoms with van der Waals surface area (Å²) in [5, 5.41) is 7.42. The molecular formula is C22H36N6S. The number of nitrogens with zero attached hydrogens (tertiary/aromatic N) is 4. The summed E-state index contributed by atoms with van der Waals surface area (Å²) in [7, 11) is 0. The lowest BCUT2D eigenvalue weighted by molar-refractivity contribution is 0.634. The number of hydrogen-bond donors (Lipinski definition) is 2. The maximum atomic E-state index is 5.59. The molecule has 3 fully saturated rings. The molecule has 0 spiro atoms. The lowest BCUT2D eigenvalue weighted by Gasteiger charge is -2.26. The van der Waals surface area contributed by atoms with E-state index in [2.05, 4.69) is 26.5 Å². The van der Waals surface area contributed by atoms with E-state index in [4.69, 9.17) is 22.2 Å². The van der Waals surface area contributed by atoms with Gasteiger partial charge in [0.1, 0.15) is 11.6 Å². The minimum Gasteiger partial charge on any atom is -0.360 e. The summed E-state index contributed by atoms with van der Waals surface area (Å²) in [5.74, 6) is 2.74. The molecule has 0 unspecified atom stereocenters. The van der Waals surface area contributed by atoms with Crippen LogP contribution in [0.25, 0.3) is 0 Å². The summed E-state index contributed by atoms with van der Waals surface area (Å²) in [6.07, 6.45) is 15.2. The highest BCUT2D eigenvalue weighted by Crippen LogP contribution is 2.26. The summed E-state index contributed by atoms with van der Waals surface area (Å²) in [4.78, 5) is 14.6. The highest BCUT2D eigenvalue weighted by atomic mass is 32.1. The maximum Gasteiger partial charge on any atom is 0.232 e. The van der Waals surface area contributed by atoms with Crippen molar-refractivity contribution in [3.05, 3.63) is 6.07 Å². The van der Waals surface area contributed by atoms with Gasteiger partial charge in [0, 0.05) is 38.3 Å². The van der Waals surface area contributed by atoms with Crippen molar-refractivity contribution in [2.75, 3.05) is 41.3 Å². The Morgan fingerprint density at radius 3 is 1.72 bits per heavy atom. The fraction of sp³-hybridized carbons (Fsp3) is 0.773. The van der Waals surface area contributed by atoms with Gasteiger partial charge < -0.3 is 20.4 Å². The Morgan fingerprint density at radius 1 is 0.759 bits per heavy atom. The van der Waals surface area contributed by atoms with Gasteiger partial charge >= 0.3 is 0 Å². The van der Waals surface area contributed by atoms with Crippen LogP contribution in [0.2, 0.25) is 0 Å². The molecule has 1 aromatic heterocycles. The Kier molecular flexibility index (Phi) is 7.41. The normalized spacial score (nSPS) is 21.5. The van der Waals surface area contributed by atoms with Gasteiger partial charge in [-0.3, -0.25) is 0 Å². The van der Waals surface area contributed by atoms with Crippen molar-refractivity contribution in [3.63, 3.8) is 0 Å². The Labute approximate surface area is 180 Å². The van der Waals surface area contributed by atoms with Crippen LogP contribution in [0.1, 0.15) is 77.0 Å². The van der Waals surface area contributed by atoms with Crippen molar-refractivity contribution in [2.24, 2.45) is 0 Å². The third-order valence-corrected chi connectivity index (χ3v) is 6.69. The van der Waals surface area contributed by atoms with Gasteiger partial charge in [-0.05, 0) is 50.7 Å². The molecule has 2 aliphatic heterocycles. The van der Waals surface area contributed by atoms with Gasteiger partial charge in [-0.15, -0.1) is 0 Å². The molecule has 1 aliphatic carbocycles. The average molecular weight is 417 g/mol. The lowest BCUT2D eigenvalue weighted by atomic mass is 10.2. The van der Waals surface area contributed by atoms with Gasteiger partial charge in [0.2, 0.25) is 5.95 Å². The van der Waals surface area contributed by atoms with E-state index in [1.165, 1.54) is 77.0 Å². The molecule has 6 nitrogen and oxygen atoms in total. The van der Waals surface area contributed by atoms with Crippen LogP contribution in [0.4, 0.5) is 17.6 Å². The van der Waals surface area contributed by atoms with Gasteiger partial charge in [0.25, 0.3) is 0 Å². The molecule has 160 valence electrons. The summed E-state index contributed by atoms with van der Waals surface area (Å²) in [6.45, 7) is 4.34. The van der Waals surface area contributed by atoms with E-state index in [1.54, 1.807) is 0 Å². The number of aromatic nitrogens is 2. The standard InChI is InChI=1S/C22H36N6S/c29-22(23-18-11-5-6-12-18)26-21-24-19(27-13-7-1-2-8-14-27)17-20(25-21)28-15-9-3-4-10-16-28/h17-18H,1-16H2,(H2,23,24,25,26,29). The van der Waals surface area contributed by atoms with Crippen LogP contribution in [-0.2, 0) is 0 Å². The third-order valence-electron chi connectivity index (χ3n) is 6.47. The molecule has 0 radical (unpaired) electrons. The molecule has 0 aromatic carbocycles. The first-order chi connectivity index (χ1) is 14.3. The molecule has 7 heteroatoms. The monoisotopic (exact) mass is 416 g/mol. The first-order valence-electron chi connectivity index (χ1n) is 11.7. The largest absolute Gasteiger partial charge is 0.360 e. The molecule has 2 N–H and O–H groups in total. The quantitative estimate of drug-likeness (QED) is 0.703. The van der Waals surface area contributed by atoms with Gasteiger partial charge in [-0.2, -0.15) is 9.97 Å². The average Bonchev–Trinajstić information content (AvgIpc) is 2.96. The molecule has 1 saturated carbocycles. The van der Waals surface area contributed by atoms with Crippen molar-refractivity contribution in [2.45, 2.75) is 83.1 Å². The van der Waals surface area contributed by atoms with E-state index >= 15 is 0 Å². The smallest absolute Gasteiger partial charge is 0.232 e. The minimum absolute atomic E-state index is 0.494. The van der Waals surface area contributed by atoms with Crippen LogP contribution >= 0.6 is 12.2 Å². The zero-order valence-electron chi connectivity index (χ0n) is 17.7. The summed E-state index contributed by atoms with van der Waals surface area (Å²) < 4.78 is 0. The number of nitrogens with one attached hydrogen (secondary N) is 2. The first-order valence-corrected chi connectivity index (χ1v) is 12.2. The van der Waals surface area contributed by atoms with Crippen LogP contribution in [0.15, 0.2) is 6.07 Å². The zero-order valence-corrected chi connectivity index (χ0v) is 18.5. The highest BCUT2D eigenvalue weighted by Gasteiger charge is 2.20. The predicted octanol–water partition coefficient (Wildman–Crippen LogP) is 4.47. The predicted molar refractivity (Wildman–Crippen MR) is 125 cm³/mol. The fourth-order valence-electron chi connectivity index (χ4n) is 4.79. The van der Waals surface area contributed by atoms with E-state index in [0.717, 1.165) is 37.8 Å². The van der Waals surface area contributed by atoms with Crippen LogP contribution in [0.3, 0.4) is 0 Å². The van der Waals surface area contributed by atoms with Crippen LogP contribution < -0.4 is 20.4 Å². The molecule has 0 atom stereocenters. The molecule has 29 heavy (non-hydrogen) atoms. The SMILES string of the molecule is S=C(Nc1nc(N2CCCCCC2)cc(N2CCCCCC2)n1)NC1CCCC1. The van der Waals surface area contributed by atoms with Crippen molar-refractivity contribution in [1.82, 2.24) is 15.3 Å². The Bertz CT molecular complexity index is 621. The molecule has 4 rings (SSSR count). The van der Waals surface area contributed by atoms with Gasteiger partial charge in [-0.25, -0.2) is 0 Å². The Morgan fingerprint density at radius 2 is 1.24 bits per heavy atom. The van der Waals surface area contributed by atoms with Crippen LogP contribution in [0.5, 0.6) is 0 Å². The molecule has 0 bridgehead atoms. The van der Waals surface area contributed by atoms with E-state index in [9.17, 15) is 0 Å². The second kappa shape index (κ2) is 10.4. The number of hydrogen-bond acceptors (Lipinski definition) is 5. The van der Waals surface area contributed by atoms with Crippen LogP contribution in [-0.4, -0.2) is 47.3 Å². The van der Waals surface area contributed by atoms with Gasteiger partial charge in [-0.1, -0.05) is 38.5 Å². The molecule has 2 saturated heterocycles. The van der Waals surface area contributed by atoms with Crippen molar-refractivity contribution in [1.29, 1.82) is 0 Å². The molecular weight excluding hydrogens is 380 g/mol. The maximum absolute atomic E-state index is 5.59. The van der Waals surface area contributed by atoms with Crippen molar-refractivity contribution >= 4 is 34.9 Å². The van der Waals surface area contributed by atoms with Crippen LogP contribution in [0, 0.1) is 0 Å². The molecule has 3 heterocycles. The number of rotatable bonds is 4. The van der Waals surface area contributed by atoms with Crippen molar-refractivity contribution < 1.29 is 0 Å².